The number of aromatic nitrogens is 2. The molecule has 0 spiro atoms. The minimum atomic E-state index is 0.407. The van der Waals surface area contributed by atoms with Crippen molar-refractivity contribution in [3.05, 3.63) is 47.5 Å². The molecule has 0 bridgehead atoms. The lowest BCUT2D eigenvalue weighted by molar-refractivity contribution is 0.983. The molecule has 0 aliphatic heterocycles. The van der Waals surface area contributed by atoms with Crippen molar-refractivity contribution >= 4 is 34.7 Å². The number of benzene rings is 1. The highest BCUT2D eigenvalue weighted by molar-refractivity contribution is 7.99. The summed E-state index contributed by atoms with van der Waals surface area (Å²) in [6.45, 7) is 4.61. The number of nitrogens with two attached hydrogens (primary N) is 1. The van der Waals surface area contributed by atoms with Crippen LogP contribution in [0, 0.1) is 6.92 Å². The molecule has 0 saturated carbocycles. The predicted octanol–water partition coefficient (Wildman–Crippen LogP) is 3.14. The molecule has 0 radical (unpaired) electrons. The van der Waals surface area contributed by atoms with Crippen LogP contribution in [-0.2, 0) is 6.54 Å². The first-order valence-electron chi connectivity index (χ1n) is 6.68. The summed E-state index contributed by atoms with van der Waals surface area (Å²) in [5.74, 6) is 0.975. The molecule has 1 aromatic heterocycles. The lowest BCUT2D eigenvalue weighted by Crippen LogP contribution is -2.15. The van der Waals surface area contributed by atoms with Crippen LogP contribution in [0.3, 0.4) is 0 Å². The third-order valence-electron chi connectivity index (χ3n) is 2.87. The van der Waals surface area contributed by atoms with E-state index in [1.54, 1.807) is 24.2 Å². The SMILES string of the molecule is CCSc1cccc(NCc2cnc(C)cn2)c1C(N)=S. The topological polar surface area (TPSA) is 63.8 Å². The lowest BCUT2D eigenvalue weighted by atomic mass is 10.1. The van der Waals surface area contributed by atoms with E-state index in [2.05, 4.69) is 22.2 Å². The fourth-order valence-electron chi connectivity index (χ4n) is 1.90. The number of anilines is 1. The molecule has 2 rings (SSSR count). The van der Waals surface area contributed by atoms with Crippen LogP contribution in [0.25, 0.3) is 0 Å². The van der Waals surface area contributed by atoms with E-state index in [-0.39, 0.29) is 0 Å². The number of hydrogen-bond donors (Lipinski definition) is 2. The third-order valence-corrected chi connectivity index (χ3v) is 4.01. The van der Waals surface area contributed by atoms with Crippen molar-refractivity contribution < 1.29 is 0 Å². The number of thiocarbonyl (C=S) groups is 1. The van der Waals surface area contributed by atoms with Gasteiger partial charge >= 0.3 is 0 Å². The van der Waals surface area contributed by atoms with Gasteiger partial charge in [-0.3, -0.25) is 9.97 Å². The minimum Gasteiger partial charge on any atom is -0.389 e. The Balaban J connectivity index is 2.21. The maximum Gasteiger partial charge on any atom is 0.107 e. The summed E-state index contributed by atoms with van der Waals surface area (Å²) in [7, 11) is 0. The van der Waals surface area contributed by atoms with Crippen LogP contribution in [0.5, 0.6) is 0 Å². The maximum absolute atomic E-state index is 5.88. The van der Waals surface area contributed by atoms with Gasteiger partial charge in [-0.15, -0.1) is 11.8 Å². The fourth-order valence-corrected chi connectivity index (χ4v) is 3.04. The highest BCUT2D eigenvalue weighted by Crippen LogP contribution is 2.28. The quantitative estimate of drug-likeness (QED) is 0.630. The molecular weight excluding hydrogens is 300 g/mol. The van der Waals surface area contributed by atoms with Gasteiger partial charge in [-0.2, -0.15) is 0 Å². The Kier molecular flexibility index (Phi) is 5.52. The van der Waals surface area contributed by atoms with Gasteiger partial charge in [0.25, 0.3) is 0 Å². The largest absolute Gasteiger partial charge is 0.389 e. The van der Waals surface area contributed by atoms with Crippen molar-refractivity contribution in [1.29, 1.82) is 0 Å². The average Bonchev–Trinajstić information content (AvgIpc) is 2.47. The maximum atomic E-state index is 5.88. The number of aryl methyl sites for hydroxylation is 1. The number of thioether (sulfide) groups is 1. The van der Waals surface area contributed by atoms with Crippen molar-refractivity contribution in [3.8, 4) is 0 Å². The molecule has 2 aromatic rings. The first-order chi connectivity index (χ1) is 10.1. The van der Waals surface area contributed by atoms with E-state index in [0.717, 1.165) is 33.3 Å². The standard InChI is InChI=1S/C15H18N4S2/c1-3-21-13-6-4-5-12(14(13)15(16)20)19-9-11-8-17-10(2)7-18-11/h4-8,19H,3,9H2,1-2H3,(H2,16,20). The van der Waals surface area contributed by atoms with Gasteiger partial charge in [-0.1, -0.05) is 25.2 Å². The zero-order valence-corrected chi connectivity index (χ0v) is 13.7. The predicted molar refractivity (Wildman–Crippen MR) is 92.8 cm³/mol. The minimum absolute atomic E-state index is 0.407. The summed E-state index contributed by atoms with van der Waals surface area (Å²) in [5, 5.41) is 3.35. The molecule has 0 amide bonds. The van der Waals surface area contributed by atoms with Crippen LogP contribution in [-0.4, -0.2) is 20.7 Å². The summed E-state index contributed by atoms with van der Waals surface area (Å²) in [6.07, 6.45) is 3.53. The van der Waals surface area contributed by atoms with Crippen LogP contribution in [0.1, 0.15) is 23.9 Å². The number of rotatable bonds is 6. The van der Waals surface area contributed by atoms with Gasteiger partial charge < -0.3 is 11.1 Å². The molecule has 21 heavy (non-hydrogen) atoms. The highest BCUT2D eigenvalue weighted by atomic mass is 32.2. The summed E-state index contributed by atoms with van der Waals surface area (Å²) >= 11 is 6.93. The second kappa shape index (κ2) is 7.38. The van der Waals surface area contributed by atoms with Gasteiger partial charge in [0.2, 0.25) is 0 Å². The van der Waals surface area contributed by atoms with E-state index in [1.807, 2.05) is 25.1 Å². The number of nitrogens with zero attached hydrogens (tertiary/aromatic N) is 2. The van der Waals surface area contributed by atoms with Gasteiger partial charge in [0.15, 0.2) is 0 Å². The van der Waals surface area contributed by atoms with Crippen LogP contribution < -0.4 is 11.1 Å². The monoisotopic (exact) mass is 318 g/mol. The fraction of sp³-hybridized carbons (Fsp3) is 0.267. The molecule has 0 aliphatic carbocycles. The summed E-state index contributed by atoms with van der Waals surface area (Å²) in [5.41, 5.74) is 9.50. The van der Waals surface area contributed by atoms with Gasteiger partial charge in [0, 0.05) is 22.3 Å². The van der Waals surface area contributed by atoms with Crippen LogP contribution in [0.2, 0.25) is 0 Å². The van der Waals surface area contributed by atoms with E-state index in [1.165, 1.54) is 0 Å². The molecule has 3 N–H and O–H groups in total. The smallest absolute Gasteiger partial charge is 0.107 e. The Hall–Kier alpha value is -1.66. The zero-order valence-electron chi connectivity index (χ0n) is 12.1. The third kappa shape index (κ3) is 4.15. The van der Waals surface area contributed by atoms with Gasteiger partial charge in [-0.25, -0.2) is 0 Å². The summed E-state index contributed by atoms with van der Waals surface area (Å²) in [6, 6.07) is 6.03. The van der Waals surface area contributed by atoms with Gasteiger partial charge in [0.05, 0.1) is 24.1 Å². The normalized spacial score (nSPS) is 10.4. The highest BCUT2D eigenvalue weighted by Gasteiger charge is 2.11. The summed E-state index contributed by atoms with van der Waals surface area (Å²) < 4.78 is 0. The van der Waals surface area contributed by atoms with Gasteiger partial charge in [0.1, 0.15) is 4.99 Å². The molecule has 4 nitrogen and oxygen atoms in total. The zero-order chi connectivity index (χ0) is 15.2. The molecule has 6 heteroatoms. The number of nitrogens with one attached hydrogen (secondary N) is 1. The molecule has 0 atom stereocenters. The first-order valence-corrected chi connectivity index (χ1v) is 8.08. The van der Waals surface area contributed by atoms with Crippen molar-refractivity contribution in [3.63, 3.8) is 0 Å². The molecule has 0 saturated heterocycles. The Labute approximate surface area is 134 Å². The Morgan fingerprint density at radius 3 is 2.76 bits per heavy atom. The van der Waals surface area contributed by atoms with E-state index >= 15 is 0 Å². The van der Waals surface area contributed by atoms with E-state index in [4.69, 9.17) is 18.0 Å². The van der Waals surface area contributed by atoms with Crippen LogP contribution in [0.15, 0.2) is 35.5 Å². The molecular formula is C15H18N4S2. The lowest BCUT2D eigenvalue weighted by Gasteiger charge is -2.14. The van der Waals surface area contributed by atoms with Crippen LogP contribution in [0.4, 0.5) is 5.69 Å². The second-order valence-electron chi connectivity index (χ2n) is 4.48. The van der Waals surface area contributed by atoms with Crippen LogP contribution >= 0.6 is 24.0 Å². The Morgan fingerprint density at radius 2 is 2.14 bits per heavy atom. The molecule has 0 fully saturated rings. The Bertz CT molecular complexity index is 626. The van der Waals surface area contributed by atoms with Crippen molar-refractivity contribution in [2.75, 3.05) is 11.1 Å². The van der Waals surface area contributed by atoms with E-state index < -0.39 is 0 Å². The molecule has 110 valence electrons. The summed E-state index contributed by atoms with van der Waals surface area (Å²) in [4.78, 5) is 10.1. The van der Waals surface area contributed by atoms with E-state index in [0.29, 0.717) is 11.5 Å². The van der Waals surface area contributed by atoms with Crippen molar-refractivity contribution in [2.24, 2.45) is 5.73 Å². The van der Waals surface area contributed by atoms with Crippen molar-refractivity contribution in [1.82, 2.24) is 9.97 Å². The molecule has 0 unspecified atom stereocenters. The second-order valence-corrected chi connectivity index (χ2v) is 6.22. The van der Waals surface area contributed by atoms with E-state index in [9.17, 15) is 0 Å². The van der Waals surface area contributed by atoms with Crippen molar-refractivity contribution in [2.45, 2.75) is 25.3 Å². The Morgan fingerprint density at radius 1 is 1.33 bits per heavy atom. The van der Waals surface area contributed by atoms with Gasteiger partial charge in [-0.05, 0) is 24.8 Å². The molecule has 1 aromatic carbocycles. The first kappa shape index (κ1) is 15.7. The average molecular weight is 318 g/mol. The number of hydrogen-bond acceptors (Lipinski definition) is 5. The molecule has 1 heterocycles. The molecule has 0 aliphatic rings.